The van der Waals surface area contributed by atoms with E-state index in [9.17, 15) is 4.79 Å². The summed E-state index contributed by atoms with van der Waals surface area (Å²) < 4.78 is 1.46. The summed E-state index contributed by atoms with van der Waals surface area (Å²) in [5, 5.41) is 6.50. The van der Waals surface area contributed by atoms with Gasteiger partial charge in [-0.05, 0) is 35.2 Å². The third kappa shape index (κ3) is 4.33. The van der Waals surface area contributed by atoms with Crippen molar-refractivity contribution < 1.29 is 0 Å². The first kappa shape index (κ1) is 18.8. The Labute approximate surface area is 169 Å². The number of pyridine rings is 2. The molecular weight excluding hydrogens is 362 g/mol. The minimum absolute atomic E-state index is 0.145. The van der Waals surface area contributed by atoms with E-state index < -0.39 is 0 Å². The fourth-order valence-electron chi connectivity index (χ4n) is 3.29. The predicted octanol–water partition coefficient (Wildman–Crippen LogP) is 3.52. The molecule has 1 atom stereocenters. The Bertz CT molecular complexity index is 1120. The van der Waals surface area contributed by atoms with Crippen molar-refractivity contribution in [2.45, 2.75) is 19.4 Å². The zero-order valence-corrected chi connectivity index (χ0v) is 16.2. The molecule has 2 N–H and O–H groups in total. The van der Waals surface area contributed by atoms with Crippen LogP contribution in [0.5, 0.6) is 0 Å². The number of aromatic nitrogens is 4. The Morgan fingerprint density at radius 2 is 1.97 bits per heavy atom. The molecule has 29 heavy (non-hydrogen) atoms. The van der Waals surface area contributed by atoms with Gasteiger partial charge in [0.1, 0.15) is 0 Å². The summed E-state index contributed by atoms with van der Waals surface area (Å²) in [6.07, 6.45) is 6.78. The first-order valence-electron chi connectivity index (χ1n) is 9.64. The molecule has 0 saturated heterocycles. The zero-order valence-electron chi connectivity index (χ0n) is 16.2. The fourth-order valence-corrected chi connectivity index (χ4v) is 3.29. The molecule has 4 aromatic rings. The van der Waals surface area contributed by atoms with Gasteiger partial charge >= 0.3 is 0 Å². The van der Waals surface area contributed by atoms with Crippen molar-refractivity contribution in [1.82, 2.24) is 25.1 Å². The third-order valence-electron chi connectivity index (χ3n) is 4.93. The predicted molar refractivity (Wildman–Crippen MR) is 114 cm³/mol. The molecule has 1 aromatic carbocycles. The van der Waals surface area contributed by atoms with Crippen LogP contribution in [0, 0.1) is 0 Å². The lowest BCUT2D eigenvalue weighted by Gasteiger charge is -2.13. The molecule has 0 aliphatic rings. The highest BCUT2D eigenvalue weighted by molar-refractivity contribution is 5.60. The van der Waals surface area contributed by atoms with Crippen LogP contribution in [0.15, 0.2) is 84.2 Å². The molecule has 3 heterocycles. The molecule has 4 rings (SSSR count). The third-order valence-corrected chi connectivity index (χ3v) is 4.93. The van der Waals surface area contributed by atoms with Crippen molar-refractivity contribution in [2.24, 2.45) is 0 Å². The van der Waals surface area contributed by atoms with Crippen LogP contribution in [0.1, 0.15) is 24.0 Å². The molecule has 0 aliphatic carbocycles. The fraction of sp³-hybridized carbons (Fsp3) is 0.174. The summed E-state index contributed by atoms with van der Waals surface area (Å²) in [6.45, 7) is 3.78. The Balaban J connectivity index is 1.46. The summed E-state index contributed by atoms with van der Waals surface area (Å²) in [5.74, 6) is 0.992. The average Bonchev–Trinajstić information content (AvgIpc) is 3.16. The number of hydrogen-bond donors (Lipinski definition) is 2. The Hall–Kier alpha value is -3.51. The van der Waals surface area contributed by atoms with Crippen molar-refractivity contribution >= 4 is 0 Å². The van der Waals surface area contributed by atoms with Crippen LogP contribution in [-0.4, -0.2) is 26.3 Å². The van der Waals surface area contributed by atoms with E-state index in [1.807, 2.05) is 30.3 Å². The Morgan fingerprint density at radius 3 is 2.76 bits per heavy atom. The quantitative estimate of drug-likeness (QED) is 0.510. The van der Waals surface area contributed by atoms with Gasteiger partial charge in [-0.2, -0.15) is 0 Å². The number of benzene rings is 1. The lowest BCUT2D eigenvalue weighted by Crippen LogP contribution is -2.20. The van der Waals surface area contributed by atoms with Gasteiger partial charge in [0.25, 0.3) is 5.56 Å². The maximum atomic E-state index is 12.8. The first-order valence-corrected chi connectivity index (χ1v) is 9.64. The summed E-state index contributed by atoms with van der Waals surface area (Å²) in [4.78, 5) is 21.2. The van der Waals surface area contributed by atoms with Crippen molar-refractivity contribution in [3.8, 4) is 16.9 Å². The summed E-state index contributed by atoms with van der Waals surface area (Å²) in [6, 6.07) is 18.0. The second kappa shape index (κ2) is 8.67. The zero-order chi connectivity index (χ0) is 20.1. The highest BCUT2D eigenvalue weighted by atomic mass is 16.1. The number of aromatic amines is 1. The lowest BCUT2D eigenvalue weighted by molar-refractivity contribution is 0.614. The van der Waals surface area contributed by atoms with Gasteiger partial charge in [0.15, 0.2) is 5.82 Å². The largest absolute Gasteiger partial charge is 0.312 e. The molecule has 6 nitrogen and oxygen atoms in total. The number of nitrogens with zero attached hydrogens (tertiary/aromatic N) is 3. The molecule has 0 saturated carbocycles. The summed E-state index contributed by atoms with van der Waals surface area (Å²) >= 11 is 0. The molecule has 0 bridgehead atoms. The van der Waals surface area contributed by atoms with E-state index in [-0.39, 0.29) is 5.56 Å². The summed E-state index contributed by atoms with van der Waals surface area (Å²) in [5.41, 5.74) is 3.59. The monoisotopic (exact) mass is 385 g/mol. The molecule has 146 valence electrons. The molecule has 6 heteroatoms. The van der Waals surface area contributed by atoms with Crippen LogP contribution in [0.4, 0.5) is 0 Å². The van der Waals surface area contributed by atoms with Gasteiger partial charge < -0.3 is 5.32 Å². The van der Waals surface area contributed by atoms with Crippen molar-refractivity contribution in [2.75, 3.05) is 6.54 Å². The molecule has 0 amide bonds. The SMILES string of the molecule is CC(CNCc1ccnc(-n2[nH]cc(-c3cccnc3)c2=O)c1)c1ccccc1. The van der Waals surface area contributed by atoms with Crippen LogP contribution < -0.4 is 10.9 Å². The second-order valence-corrected chi connectivity index (χ2v) is 7.03. The van der Waals surface area contributed by atoms with Crippen LogP contribution in [0.25, 0.3) is 16.9 Å². The van der Waals surface area contributed by atoms with Crippen molar-refractivity contribution in [3.05, 3.63) is 101 Å². The van der Waals surface area contributed by atoms with Crippen LogP contribution in [-0.2, 0) is 6.54 Å². The number of rotatable bonds is 7. The number of nitrogens with one attached hydrogen (secondary N) is 2. The van der Waals surface area contributed by atoms with E-state index >= 15 is 0 Å². The molecule has 0 radical (unpaired) electrons. The van der Waals surface area contributed by atoms with Crippen LogP contribution in [0.2, 0.25) is 0 Å². The van der Waals surface area contributed by atoms with Crippen molar-refractivity contribution in [1.29, 1.82) is 0 Å². The van der Waals surface area contributed by atoms with Crippen LogP contribution in [0.3, 0.4) is 0 Å². The minimum atomic E-state index is -0.145. The van der Waals surface area contributed by atoms with E-state index in [1.54, 1.807) is 24.8 Å². The van der Waals surface area contributed by atoms with Gasteiger partial charge in [-0.25, -0.2) is 9.67 Å². The molecule has 3 aromatic heterocycles. The van der Waals surface area contributed by atoms with Crippen LogP contribution >= 0.6 is 0 Å². The highest BCUT2D eigenvalue weighted by Gasteiger charge is 2.11. The van der Waals surface area contributed by atoms with Crippen molar-refractivity contribution in [3.63, 3.8) is 0 Å². The average molecular weight is 385 g/mol. The van der Waals surface area contributed by atoms with Gasteiger partial charge in [-0.1, -0.05) is 43.3 Å². The lowest BCUT2D eigenvalue weighted by atomic mass is 10.0. The molecular formula is C23H23N5O. The molecule has 1 unspecified atom stereocenters. The number of H-pyrrole nitrogens is 1. The van der Waals surface area contributed by atoms with E-state index in [4.69, 9.17) is 0 Å². The van der Waals surface area contributed by atoms with E-state index in [1.165, 1.54) is 10.2 Å². The van der Waals surface area contributed by atoms with E-state index in [0.717, 1.165) is 17.7 Å². The van der Waals surface area contributed by atoms with Gasteiger partial charge in [0, 0.05) is 43.4 Å². The smallest absolute Gasteiger partial charge is 0.280 e. The van der Waals surface area contributed by atoms with Gasteiger partial charge in [-0.15, -0.1) is 0 Å². The Morgan fingerprint density at radius 1 is 1.10 bits per heavy atom. The first-order chi connectivity index (χ1) is 14.2. The molecule has 0 spiro atoms. The van der Waals surface area contributed by atoms with Gasteiger partial charge in [0.05, 0.1) is 5.56 Å². The van der Waals surface area contributed by atoms with E-state index in [0.29, 0.717) is 23.8 Å². The number of hydrogen-bond acceptors (Lipinski definition) is 4. The maximum Gasteiger partial charge on any atom is 0.280 e. The van der Waals surface area contributed by atoms with Gasteiger partial charge in [-0.3, -0.25) is 14.9 Å². The van der Waals surface area contributed by atoms with Gasteiger partial charge in [0.2, 0.25) is 0 Å². The Kier molecular flexibility index (Phi) is 5.63. The second-order valence-electron chi connectivity index (χ2n) is 7.03. The maximum absolute atomic E-state index is 12.8. The topological polar surface area (TPSA) is 75.6 Å². The standard InChI is InChI=1S/C23H23N5O/c1-17(19-6-3-2-4-7-19)13-25-14-18-9-11-26-22(12-18)28-23(29)21(16-27-28)20-8-5-10-24-15-20/h2-12,15-17,25,27H,13-14H2,1H3. The highest BCUT2D eigenvalue weighted by Crippen LogP contribution is 2.15. The summed E-state index contributed by atoms with van der Waals surface area (Å²) in [7, 11) is 0. The molecule has 0 fully saturated rings. The normalized spacial score (nSPS) is 12.0. The minimum Gasteiger partial charge on any atom is -0.312 e. The molecule has 0 aliphatic heterocycles. The van der Waals surface area contributed by atoms with E-state index in [2.05, 4.69) is 51.6 Å².